The van der Waals surface area contributed by atoms with Crippen LogP contribution in [0.5, 0.6) is 0 Å². The number of nitrogens with one attached hydrogen (secondary N) is 2. The van der Waals surface area contributed by atoms with E-state index in [9.17, 15) is 4.79 Å². The molecule has 0 unspecified atom stereocenters. The molecule has 5 nitrogen and oxygen atoms in total. The maximum atomic E-state index is 11.0. The molecule has 0 saturated heterocycles. The molecule has 0 atom stereocenters. The lowest BCUT2D eigenvalue weighted by Gasteiger charge is -2.11. The summed E-state index contributed by atoms with van der Waals surface area (Å²) < 4.78 is 4.61. The molecule has 0 aliphatic rings. The number of hydrogen-bond acceptors (Lipinski definition) is 4. The number of nitrogens with zero attached hydrogens (tertiary/aromatic N) is 1. The first-order valence-corrected chi connectivity index (χ1v) is 8.09. The monoisotopic (exact) mass is 311 g/mol. The smallest absolute Gasteiger partial charge is 0.305 e. The molecule has 118 valence electrons. The van der Waals surface area contributed by atoms with Gasteiger partial charge >= 0.3 is 5.97 Å². The summed E-state index contributed by atoms with van der Waals surface area (Å²) in [4.78, 5) is 16.5. The lowest BCUT2D eigenvalue weighted by molar-refractivity contribution is -0.140. The van der Waals surface area contributed by atoms with Crippen LogP contribution >= 0.6 is 11.3 Å². The zero-order chi connectivity index (χ0) is 15.5. The predicted molar refractivity (Wildman–Crippen MR) is 87.7 cm³/mol. The third kappa shape index (κ3) is 7.13. The van der Waals surface area contributed by atoms with Crippen LogP contribution in [0.25, 0.3) is 0 Å². The van der Waals surface area contributed by atoms with Gasteiger partial charge in [0, 0.05) is 24.9 Å². The van der Waals surface area contributed by atoms with Crippen LogP contribution in [0.3, 0.4) is 0 Å². The molecule has 0 aliphatic carbocycles. The molecule has 1 aromatic heterocycles. The molecule has 1 rings (SSSR count). The summed E-state index contributed by atoms with van der Waals surface area (Å²) in [5.41, 5.74) is 1.31. The Kier molecular flexibility index (Phi) is 8.50. The largest absolute Gasteiger partial charge is 0.469 e. The second-order valence-corrected chi connectivity index (χ2v) is 5.77. The van der Waals surface area contributed by atoms with Gasteiger partial charge in [0.2, 0.25) is 0 Å². The molecule has 0 aromatic carbocycles. The highest BCUT2D eigenvalue weighted by atomic mass is 32.1. The van der Waals surface area contributed by atoms with Crippen molar-refractivity contribution in [1.29, 1.82) is 0 Å². The van der Waals surface area contributed by atoms with E-state index in [2.05, 4.69) is 38.7 Å². The van der Waals surface area contributed by atoms with Crippen LogP contribution in [0.2, 0.25) is 0 Å². The van der Waals surface area contributed by atoms with Gasteiger partial charge in [0.05, 0.1) is 13.7 Å². The molecule has 1 heterocycles. The maximum Gasteiger partial charge on any atom is 0.305 e. The molecular weight excluding hydrogens is 286 g/mol. The fraction of sp³-hybridized carbons (Fsp3) is 0.600. The standard InChI is InChI=1S/C15H25N3O2S/c1-12-8-10-21-13(12)11-18-15(16-2)17-9-6-4-5-7-14(19)20-3/h8,10H,4-7,9,11H2,1-3H3,(H2,16,17,18). The topological polar surface area (TPSA) is 62.7 Å². The minimum absolute atomic E-state index is 0.133. The Morgan fingerprint density at radius 2 is 2.14 bits per heavy atom. The van der Waals surface area contributed by atoms with Gasteiger partial charge in [-0.3, -0.25) is 9.79 Å². The van der Waals surface area contributed by atoms with E-state index in [1.54, 1.807) is 18.4 Å². The number of hydrogen-bond donors (Lipinski definition) is 2. The van der Waals surface area contributed by atoms with Crippen LogP contribution in [0.15, 0.2) is 16.4 Å². The van der Waals surface area contributed by atoms with Crippen LogP contribution in [0.4, 0.5) is 0 Å². The van der Waals surface area contributed by atoms with Crippen LogP contribution in [-0.4, -0.2) is 32.6 Å². The number of aryl methyl sites for hydroxylation is 1. The summed E-state index contributed by atoms with van der Waals surface area (Å²) in [7, 11) is 3.20. The van der Waals surface area contributed by atoms with Crippen molar-refractivity contribution in [3.8, 4) is 0 Å². The van der Waals surface area contributed by atoms with E-state index in [0.717, 1.165) is 38.3 Å². The Morgan fingerprint density at radius 3 is 2.76 bits per heavy atom. The zero-order valence-corrected chi connectivity index (χ0v) is 13.9. The van der Waals surface area contributed by atoms with Crippen LogP contribution in [-0.2, 0) is 16.1 Å². The summed E-state index contributed by atoms with van der Waals surface area (Å²) in [6.45, 7) is 3.76. The van der Waals surface area contributed by atoms with Gasteiger partial charge < -0.3 is 15.4 Å². The van der Waals surface area contributed by atoms with Crippen molar-refractivity contribution in [2.24, 2.45) is 4.99 Å². The number of unbranched alkanes of at least 4 members (excludes halogenated alkanes) is 2. The van der Waals surface area contributed by atoms with Crippen molar-refractivity contribution in [3.05, 3.63) is 21.9 Å². The molecule has 1 aromatic rings. The van der Waals surface area contributed by atoms with Crippen LogP contribution in [0, 0.1) is 6.92 Å². The Bertz CT molecular complexity index is 458. The number of guanidine groups is 1. The van der Waals surface area contributed by atoms with Gasteiger partial charge in [-0.25, -0.2) is 0 Å². The van der Waals surface area contributed by atoms with Gasteiger partial charge in [-0.15, -0.1) is 11.3 Å². The second kappa shape index (κ2) is 10.2. The molecule has 0 amide bonds. The summed E-state index contributed by atoms with van der Waals surface area (Å²) in [6, 6.07) is 2.12. The molecule has 0 radical (unpaired) electrons. The van der Waals surface area contributed by atoms with Gasteiger partial charge in [-0.2, -0.15) is 0 Å². The average Bonchev–Trinajstić information content (AvgIpc) is 2.90. The van der Waals surface area contributed by atoms with Gasteiger partial charge in [-0.05, 0) is 36.8 Å². The lowest BCUT2D eigenvalue weighted by atomic mass is 10.2. The summed E-state index contributed by atoms with van der Waals surface area (Å²) in [5, 5.41) is 8.69. The quantitative estimate of drug-likeness (QED) is 0.335. The van der Waals surface area contributed by atoms with Crippen molar-refractivity contribution in [1.82, 2.24) is 10.6 Å². The second-order valence-electron chi connectivity index (χ2n) is 4.77. The summed E-state index contributed by atoms with van der Waals surface area (Å²) in [6.07, 6.45) is 3.38. The molecule has 2 N–H and O–H groups in total. The van der Waals surface area contributed by atoms with Crippen molar-refractivity contribution < 1.29 is 9.53 Å². The van der Waals surface area contributed by atoms with E-state index in [0.29, 0.717) is 6.42 Å². The molecular formula is C15H25N3O2S. The molecule has 0 saturated carbocycles. The van der Waals surface area contributed by atoms with E-state index in [1.807, 2.05) is 0 Å². The van der Waals surface area contributed by atoms with Gasteiger partial charge in [-0.1, -0.05) is 6.42 Å². The molecule has 6 heteroatoms. The lowest BCUT2D eigenvalue weighted by Crippen LogP contribution is -2.37. The molecule has 0 fully saturated rings. The average molecular weight is 311 g/mol. The Morgan fingerprint density at radius 1 is 1.33 bits per heavy atom. The van der Waals surface area contributed by atoms with Crippen LogP contribution in [0.1, 0.15) is 36.1 Å². The molecule has 0 aliphatic heterocycles. The molecule has 0 spiro atoms. The number of thiophene rings is 1. The summed E-state index contributed by atoms with van der Waals surface area (Å²) in [5.74, 6) is 0.683. The first-order chi connectivity index (χ1) is 10.2. The third-order valence-electron chi connectivity index (χ3n) is 3.19. The normalized spacial score (nSPS) is 11.3. The number of carbonyl (C=O) groups excluding carboxylic acids is 1. The van der Waals surface area contributed by atoms with E-state index in [1.165, 1.54) is 17.6 Å². The Balaban J connectivity index is 2.12. The Hall–Kier alpha value is -1.56. The van der Waals surface area contributed by atoms with Gasteiger partial charge in [0.1, 0.15) is 0 Å². The maximum absolute atomic E-state index is 11.0. The van der Waals surface area contributed by atoms with Crippen LogP contribution < -0.4 is 10.6 Å². The highest BCUT2D eigenvalue weighted by molar-refractivity contribution is 7.10. The van der Waals surface area contributed by atoms with Crippen molar-refractivity contribution in [2.45, 2.75) is 39.2 Å². The summed E-state index contributed by atoms with van der Waals surface area (Å²) >= 11 is 1.75. The first kappa shape index (κ1) is 17.5. The highest BCUT2D eigenvalue weighted by Gasteiger charge is 2.02. The number of aliphatic imine (C=N–C) groups is 1. The molecule has 0 bridgehead atoms. The highest BCUT2D eigenvalue weighted by Crippen LogP contribution is 2.14. The number of carbonyl (C=O) groups is 1. The van der Waals surface area contributed by atoms with E-state index in [-0.39, 0.29) is 5.97 Å². The minimum atomic E-state index is -0.133. The Labute approximate surface area is 130 Å². The van der Waals surface area contributed by atoms with Gasteiger partial charge in [0.15, 0.2) is 5.96 Å². The van der Waals surface area contributed by atoms with E-state index >= 15 is 0 Å². The van der Waals surface area contributed by atoms with Crippen molar-refractivity contribution >= 4 is 23.3 Å². The number of methoxy groups -OCH3 is 1. The van der Waals surface area contributed by atoms with E-state index in [4.69, 9.17) is 0 Å². The SMILES string of the molecule is CN=C(NCCCCCC(=O)OC)NCc1sccc1C. The minimum Gasteiger partial charge on any atom is -0.469 e. The van der Waals surface area contributed by atoms with Crippen molar-refractivity contribution in [3.63, 3.8) is 0 Å². The fourth-order valence-corrected chi connectivity index (χ4v) is 2.70. The number of rotatable bonds is 8. The zero-order valence-electron chi connectivity index (χ0n) is 13.1. The van der Waals surface area contributed by atoms with Gasteiger partial charge in [0.25, 0.3) is 0 Å². The number of ether oxygens (including phenoxy) is 1. The van der Waals surface area contributed by atoms with Crippen molar-refractivity contribution in [2.75, 3.05) is 20.7 Å². The van der Waals surface area contributed by atoms with E-state index < -0.39 is 0 Å². The molecule has 21 heavy (non-hydrogen) atoms. The number of esters is 1. The predicted octanol–water partition coefficient (Wildman–Crippen LogP) is 2.45. The fourth-order valence-electron chi connectivity index (χ4n) is 1.85. The third-order valence-corrected chi connectivity index (χ3v) is 4.21. The first-order valence-electron chi connectivity index (χ1n) is 7.21.